The third-order valence-electron chi connectivity index (χ3n) is 2.63. The minimum absolute atomic E-state index is 0.478. The second-order valence-electron chi connectivity index (χ2n) is 3.72. The Morgan fingerprint density at radius 3 is 2.40 bits per heavy atom. The fourth-order valence-electron chi connectivity index (χ4n) is 1.76. The zero-order valence-electron chi connectivity index (χ0n) is 8.68. The van der Waals surface area contributed by atoms with Crippen molar-refractivity contribution < 1.29 is 13.3 Å². The second kappa shape index (κ2) is 4.75. The fourth-order valence-corrected chi connectivity index (χ4v) is 3.23. The van der Waals surface area contributed by atoms with Gasteiger partial charge >= 0.3 is 10.2 Å². The molecular formula is C8H17N3O3S. The lowest BCUT2D eigenvalue weighted by atomic mass is 10.3. The molecule has 7 heteroatoms. The Morgan fingerprint density at radius 2 is 1.80 bits per heavy atom. The Kier molecular flexibility index (Phi) is 3.57. The summed E-state index contributed by atoms with van der Waals surface area (Å²) in [5, 5.41) is 3.12. The summed E-state index contributed by atoms with van der Waals surface area (Å²) >= 11 is 0. The van der Waals surface area contributed by atoms with Crippen molar-refractivity contribution in [3.8, 4) is 0 Å². The molecule has 0 saturated carbocycles. The first-order chi connectivity index (χ1) is 7.21. The predicted molar refractivity (Wildman–Crippen MR) is 55.3 cm³/mol. The van der Waals surface area contributed by atoms with Crippen LogP contribution in [0.2, 0.25) is 0 Å². The molecule has 2 heterocycles. The van der Waals surface area contributed by atoms with E-state index >= 15 is 0 Å². The second-order valence-corrected chi connectivity index (χ2v) is 5.54. The summed E-state index contributed by atoms with van der Waals surface area (Å²) in [7, 11) is -3.38. The van der Waals surface area contributed by atoms with Crippen LogP contribution in [0.1, 0.15) is 12.8 Å². The Labute approximate surface area is 90.3 Å². The van der Waals surface area contributed by atoms with Gasteiger partial charge in [0.2, 0.25) is 0 Å². The molecule has 2 aliphatic heterocycles. The van der Waals surface area contributed by atoms with E-state index in [4.69, 9.17) is 4.84 Å². The quantitative estimate of drug-likeness (QED) is 0.678. The molecule has 0 amide bonds. The van der Waals surface area contributed by atoms with Gasteiger partial charge in [-0.25, -0.2) is 0 Å². The lowest BCUT2D eigenvalue weighted by Gasteiger charge is -2.33. The van der Waals surface area contributed by atoms with E-state index in [1.807, 2.05) is 0 Å². The number of hydrogen-bond donors (Lipinski definition) is 1. The smallest absolute Gasteiger partial charge is 0.304 e. The molecule has 0 atom stereocenters. The van der Waals surface area contributed by atoms with E-state index in [1.54, 1.807) is 0 Å². The summed E-state index contributed by atoms with van der Waals surface area (Å²) < 4.78 is 26.7. The maximum absolute atomic E-state index is 12.0. The van der Waals surface area contributed by atoms with Gasteiger partial charge in [-0.1, -0.05) is 4.47 Å². The molecule has 0 spiro atoms. The molecule has 2 rings (SSSR count). The number of hydrogen-bond acceptors (Lipinski definition) is 4. The zero-order valence-corrected chi connectivity index (χ0v) is 9.50. The van der Waals surface area contributed by atoms with Crippen molar-refractivity contribution in [1.82, 2.24) is 14.1 Å². The van der Waals surface area contributed by atoms with E-state index in [-0.39, 0.29) is 0 Å². The van der Waals surface area contributed by atoms with Crippen LogP contribution < -0.4 is 5.32 Å². The summed E-state index contributed by atoms with van der Waals surface area (Å²) in [6.45, 7) is 3.47. The van der Waals surface area contributed by atoms with Crippen molar-refractivity contribution in [3.05, 3.63) is 0 Å². The van der Waals surface area contributed by atoms with Gasteiger partial charge in [-0.05, 0) is 12.8 Å². The number of rotatable bonds is 2. The van der Waals surface area contributed by atoms with E-state index in [9.17, 15) is 8.42 Å². The van der Waals surface area contributed by atoms with Crippen LogP contribution in [-0.2, 0) is 15.0 Å². The largest absolute Gasteiger partial charge is 0.314 e. The van der Waals surface area contributed by atoms with Gasteiger partial charge in [0, 0.05) is 32.7 Å². The first-order valence-electron chi connectivity index (χ1n) is 5.33. The van der Waals surface area contributed by atoms with Crippen molar-refractivity contribution >= 4 is 10.2 Å². The topological polar surface area (TPSA) is 61.9 Å². The molecule has 0 bridgehead atoms. The van der Waals surface area contributed by atoms with Gasteiger partial charge in [-0.15, -0.1) is 0 Å². The van der Waals surface area contributed by atoms with Crippen molar-refractivity contribution in [1.29, 1.82) is 0 Å². The van der Waals surface area contributed by atoms with Gasteiger partial charge in [0.1, 0.15) is 0 Å². The highest BCUT2D eigenvalue weighted by Gasteiger charge is 2.32. The molecule has 2 aliphatic rings. The van der Waals surface area contributed by atoms with Gasteiger partial charge in [0.05, 0.1) is 6.61 Å². The maximum Gasteiger partial charge on any atom is 0.304 e. The molecule has 0 aromatic carbocycles. The Bertz CT molecular complexity index is 270. The summed E-state index contributed by atoms with van der Waals surface area (Å²) in [5.41, 5.74) is 0. The normalized spacial score (nSPS) is 26.7. The van der Waals surface area contributed by atoms with E-state index in [1.165, 1.54) is 4.31 Å². The lowest BCUT2D eigenvalue weighted by Crippen LogP contribution is -2.52. The molecule has 2 fully saturated rings. The van der Waals surface area contributed by atoms with Gasteiger partial charge in [-0.3, -0.25) is 4.84 Å². The molecule has 0 aromatic rings. The van der Waals surface area contributed by atoms with Crippen LogP contribution in [0.3, 0.4) is 0 Å². The highest BCUT2D eigenvalue weighted by atomic mass is 32.2. The van der Waals surface area contributed by atoms with Crippen LogP contribution >= 0.6 is 0 Å². The molecule has 15 heavy (non-hydrogen) atoms. The summed E-state index contributed by atoms with van der Waals surface area (Å²) in [5.74, 6) is 0. The first kappa shape index (κ1) is 11.3. The highest BCUT2D eigenvalue weighted by molar-refractivity contribution is 7.86. The Balaban J connectivity index is 2.03. The summed E-state index contributed by atoms with van der Waals surface area (Å²) in [6, 6.07) is 0. The van der Waals surface area contributed by atoms with Gasteiger partial charge in [0.25, 0.3) is 0 Å². The van der Waals surface area contributed by atoms with Crippen molar-refractivity contribution in [2.45, 2.75) is 12.8 Å². The predicted octanol–water partition coefficient (Wildman–Crippen LogP) is -0.836. The molecule has 0 radical (unpaired) electrons. The average Bonchev–Trinajstić information content (AvgIpc) is 2.31. The number of nitrogens with one attached hydrogen (secondary N) is 1. The Morgan fingerprint density at radius 1 is 1.07 bits per heavy atom. The molecule has 0 aliphatic carbocycles. The van der Waals surface area contributed by atoms with Crippen LogP contribution in [-0.4, -0.2) is 56.5 Å². The minimum Gasteiger partial charge on any atom is -0.314 e. The summed E-state index contributed by atoms with van der Waals surface area (Å²) in [4.78, 5) is 5.18. The highest BCUT2D eigenvalue weighted by Crippen LogP contribution is 2.15. The van der Waals surface area contributed by atoms with Crippen LogP contribution in [0.15, 0.2) is 0 Å². The SMILES string of the molecule is O=S(=O)(N1CCNCC1)N1CCCCO1. The molecule has 88 valence electrons. The van der Waals surface area contributed by atoms with Gasteiger partial charge in [-0.2, -0.15) is 12.7 Å². The van der Waals surface area contributed by atoms with Crippen LogP contribution in [0.4, 0.5) is 0 Å². The van der Waals surface area contributed by atoms with E-state index < -0.39 is 10.2 Å². The monoisotopic (exact) mass is 235 g/mol. The van der Waals surface area contributed by atoms with Crippen LogP contribution in [0.25, 0.3) is 0 Å². The first-order valence-corrected chi connectivity index (χ1v) is 6.72. The van der Waals surface area contributed by atoms with E-state index in [0.29, 0.717) is 39.3 Å². The third kappa shape index (κ3) is 2.48. The molecule has 0 unspecified atom stereocenters. The van der Waals surface area contributed by atoms with Gasteiger partial charge in [0.15, 0.2) is 0 Å². The number of piperazine rings is 1. The van der Waals surface area contributed by atoms with Crippen molar-refractivity contribution in [3.63, 3.8) is 0 Å². The van der Waals surface area contributed by atoms with Crippen molar-refractivity contribution in [2.24, 2.45) is 0 Å². The molecular weight excluding hydrogens is 218 g/mol. The number of hydroxylamine groups is 1. The average molecular weight is 235 g/mol. The zero-order chi connectivity index (χ0) is 10.7. The van der Waals surface area contributed by atoms with Crippen LogP contribution in [0.5, 0.6) is 0 Å². The lowest BCUT2D eigenvalue weighted by molar-refractivity contribution is -0.113. The van der Waals surface area contributed by atoms with Crippen LogP contribution in [0, 0.1) is 0 Å². The minimum atomic E-state index is -3.38. The van der Waals surface area contributed by atoms with Gasteiger partial charge < -0.3 is 5.32 Å². The molecule has 0 aromatic heterocycles. The van der Waals surface area contributed by atoms with Crippen molar-refractivity contribution in [2.75, 3.05) is 39.3 Å². The third-order valence-corrected chi connectivity index (χ3v) is 4.45. The van der Waals surface area contributed by atoms with E-state index in [0.717, 1.165) is 17.3 Å². The molecule has 1 N–H and O–H groups in total. The summed E-state index contributed by atoms with van der Waals surface area (Å²) in [6.07, 6.45) is 1.82. The maximum atomic E-state index is 12.0. The standard InChI is InChI=1S/C8H17N3O3S/c12-15(13,10-6-3-9-4-7-10)11-5-1-2-8-14-11/h9H,1-8H2. The van der Waals surface area contributed by atoms with E-state index in [2.05, 4.69) is 5.32 Å². The number of nitrogens with zero attached hydrogens (tertiary/aromatic N) is 2. The molecule has 2 saturated heterocycles. The molecule has 6 nitrogen and oxygen atoms in total. The Hall–Kier alpha value is -0.210. The fraction of sp³-hybridized carbons (Fsp3) is 1.00.